The second-order valence-electron chi connectivity index (χ2n) is 15.9. The van der Waals surface area contributed by atoms with Crippen molar-refractivity contribution < 1.29 is 18.2 Å². The number of fused-ring (bicyclic) bond motifs is 13. The fraction of sp³-hybridized carbons (Fsp3) is 0. The zero-order valence-electron chi connectivity index (χ0n) is 32.0. The Morgan fingerprint density at radius 3 is 1.82 bits per heavy atom. The molecule has 0 unspecified atom stereocenters. The summed E-state index contributed by atoms with van der Waals surface area (Å²) < 4.78 is 29.4. The van der Waals surface area contributed by atoms with E-state index in [2.05, 4.69) is 156 Å². The first-order valence-corrected chi connectivity index (χ1v) is 20.3. The van der Waals surface area contributed by atoms with Gasteiger partial charge < -0.3 is 22.8 Å². The highest BCUT2D eigenvalue weighted by Gasteiger charge is 2.41. The van der Waals surface area contributed by atoms with Crippen LogP contribution in [0.1, 0.15) is 0 Å². The third kappa shape index (κ3) is 4.37. The molecule has 60 heavy (non-hydrogen) atoms. The molecule has 0 amide bonds. The van der Waals surface area contributed by atoms with Crippen LogP contribution in [0.3, 0.4) is 0 Å². The molecule has 2 aliphatic rings. The summed E-state index contributed by atoms with van der Waals surface area (Å²) in [6.45, 7) is -0.333. The molecule has 2 aliphatic heterocycles. The van der Waals surface area contributed by atoms with Crippen LogP contribution in [0.2, 0.25) is 0 Å². The van der Waals surface area contributed by atoms with Gasteiger partial charge in [0, 0.05) is 65.6 Å². The van der Waals surface area contributed by atoms with Crippen molar-refractivity contribution in [3.8, 4) is 56.3 Å². The fourth-order valence-electron chi connectivity index (χ4n) is 10.0. The quantitative estimate of drug-likeness (QED) is 0.168. The standard InChI is InChI=1S/C54H30BNO4/c1-5-19-45-36(11-1)37-12-2-6-20-46(37)56(45)33-24-26-48-42(30-33)41-17-10-15-35(54(41)59-48)32-27-43-39-25-23-31(34-14-9-16-40-38-13-3-7-21-47(38)58-53(34)40)28-50(39)60-55-44-18-4-8-22-49(44)57-51(29-32)52(43)55/h1-30H. The number of para-hydroxylation sites is 6. The Balaban J connectivity index is 0.948. The Morgan fingerprint density at radius 2 is 1.02 bits per heavy atom. The molecule has 12 aromatic rings. The molecule has 0 saturated heterocycles. The van der Waals surface area contributed by atoms with Gasteiger partial charge in [0.25, 0.3) is 0 Å². The third-order valence-corrected chi connectivity index (χ3v) is 12.7. The van der Waals surface area contributed by atoms with Crippen molar-refractivity contribution >= 4 is 83.5 Å². The summed E-state index contributed by atoms with van der Waals surface area (Å²) in [5, 5.41) is 6.82. The Hall–Kier alpha value is -7.96. The number of hydrogen-bond acceptors (Lipinski definition) is 4. The average Bonchev–Trinajstić information content (AvgIpc) is 3.98. The summed E-state index contributed by atoms with van der Waals surface area (Å²) >= 11 is 0. The minimum Gasteiger partial charge on any atom is -0.551 e. The van der Waals surface area contributed by atoms with Gasteiger partial charge in [0.2, 0.25) is 0 Å². The molecule has 0 bridgehead atoms. The van der Waals surface area contributed by atoms with Crippen molar-refractivity contribution in [3.63, 3.8) is 0 Å². The summed E-state index contributed by atoms with van der Waals surface area (Å²) in [7, 11) is 0. The summed E-state index contributed by atoms with van der Waals surface area (Å²) in [6.07, 6.45) is 0. The maximum Gasteiger partial charge on any atom is 0.434 e. The number of aromatic nitrogens is 1. The zero-order valence-corrected chi connectivity index (χ0v) is 32.0. The molecule has 0 spiro atoms. The molecule has 0 N–H and O–H groups in total. The molecule has 9 aromatic carbocycles. The number of benzene rings is 9. The van der Waals surface area contributed by atoms with Crippen molar-refractivity contribution in [2.75, 3.05) is 0 Å². The topological polar surface area (TPSA) is 49.7 Å². The lowest BCUT2D eigenvalue weighted by Crippen LogP contribution is -2.53. The van der Waals surface area contributed by atoms with Crippen molar-refractivity contribution in [1.82, 2.24) is 4.57 Å². The first kappa shape index (κ1) is 32.1. The van der Waals surface area contributed by atoms with Crippen LogP contribution in [0.15, 0.2) is 191 Å². The Morgan fingerprint density at radius 1 is 0.383 bits per heavy atom. The molecular formula is C54H30BNO4. The van der Waals surface area contributed by atoms with Crippen LogP contribution < -0.4 is 20.3 Å². The normalized spacial score (nSPS) is 12.9. The van der Waals surface area contributed by atoms with Gasteiger partial charge in [0.15, 0.2) is 0 Å². The van der Waals surface area contributed by atoms with E-state index in [1.807, 2.05) is 30.3 Å². The second-order valence-corrected chi connectivity index (χ2v) is 15.9. The van der Waals surface area contributed by atoms with Crippen LogP contribution >= 0.6 is 0 Å². The van der Waals surface area contributed by atoms with E-state index in [4.69, 9.17) is 18.2 Å². The Kier molecular flexibility index (Phi) is 6.31. The van der Waals surface area contributed by atoms with E-state index in [9.17, 15) is 0 Å². The summed E-state index contributed by atoms with van der Waals surface area (Å²) in [5.41, 5.74) is 15.1. The predicted molar refractivity (Wildman–Crippen MR) is 244 cm³/mol. The van der Waals surface area contributed by atoms with Crippen LogP contribution in [0, 0.1) is 0 Å². The highest BCUT2D eigenvalue weighted by molar-refractivity contribution is 6.84. The molecule has 278 valence electrons. The molecule has 5 heterocycles. The Bertz CT molecular complexity index is 3760. The monoisotopic (exact) mass is 767 g/mol. The lowest BCUT2D eigenvalue weighted by molar-refractivity contribution is 0.479. The molecule has 0 atom stereocenters. The van der Waals surface area contributed by atoms with Crippen molar-refractivity contribution in [1.29, 1.82) is 0 Å². The van der Waals surface area contributed by atoms with Crippen LogP contribution in [0.5, 0.6) is 17.2 Å². The van der Waals surface area contributed by atoms with Crippen molar-refractivity contribution in [3.05, 3.63) is 182 Å². The number of hydrogen-bond donors (Lipinski definition) is 0. The first-order chi connectivity index (χ1) is 29.7. The van der Waals surface area contributed by atoms with Gasteiger partial charge in [0.1, 0.15) is 39.6 Å². The van der Waals surface area contributed by atoms with Crippen molar-refractivity contribution in [2.24, 2.45) is 0 Å². The number of nitrogens with zero attached hydrogens (tertiary/aromatic N) is 1. The number of ether oxygens (including phenoxy) is 1. The highest BCUT2D eigenvalue weighted by atomic mass is 16.5. The molecule has 0 saturated carbocycles. The van der Waals surface area contributed by atoms with Gasteiger partial charge in [-0.05, 0) is 77.4 Å². The summed E-state index contributed by atoms with van der Waals surface area (Å²) in [4.78, 5) is 0. The largest absolute Gasteiger partial charge is 0.551 e. The maximum absolute atomic E-state index is 7.02. The third-order valence-electron chi connectivity index (χ3n) is 12.7. The summed E-state index contributed by atoms with van der Waals surface area (Å²) in [5.74, 6) is 2.40. The number of rotatable bonds is 3. The van der Waals surface area contributed by atoms with Gasteiger partial charge >= 0.3 is 6.92 Å². The highest BCUT2D eigenvalue weighted by Crippen LogP contribution is 2.46. The lowest BCUT2D eigenvalue weighted by atomic mass is 9.50. The molecule has 6 heteroatoms. The molecule has 14 rings (SSSR count). The zero-order chi connectivity index (χ0) is 39.1. The van der Waals surface area contributed by atoms with Crippen LogP contribution in [0.4, 0.5) is 0 Å². The molecule has 5 nitrogen and oxygen atoms in total. The van der Waals surface area contributed by atoms with Crippen molar-refractivity contribution in [2.45, 2.75) is 0 Å². The molecule has 0 aliphatic carbocycles. The summed E-state index contributed by atoms with van der Waals surface area (Å²) in [6, 6.07) is 64.0. The fourth-order valence-corrected chi connectivity index (χ4v) is 10.0. The van der Waals surface area contributed by atoms with E-state index in [1.54, 1.807) is 0 Å². The van der Waals surface area contributed by atoms with Crippen LogP contribution in [-0.2, 0) is 0 Å². The Labute approximate surface area is 343 Å². The van der Waals surface area contributed by atoms with Gasteiger partial charge in [-0.3, -0.25) is 0 Å². The predicted octanol–water partition coefficient (Wildman–Crippen LogP) is 13.2. The van der Waals surface area contributed by atoms with E-state index in [0.29, 0.717) is 0 Å². The van der Waals surface area contributed by atoms with E-state index < -0.39 is 0 Å². The molecule has 0 fully saturated rings. The average molecular weight is 768 g/mol. The molecular weight excluding hydrogens is 737 g/mol. The van der Waals surface area contributed by atoms with E-state index in [1.165, 1.54) is 21.8 Å². The van der Waals surface area contributed by atoms with Gasteiger partial charge in [-0.25, -0.2) is 0 Å². The second kappa shape index (κ2) is 11.8. The van der Waals surface area contributed by atoms with Gasteiger partial charge in [-0.2, -0.15) is 0 Å². The van der Waals surface area contributed by atoms with Gasteiger partial charge in [-0.15, -0.1) is 0 Å². The van der Waals surface area contributed by atoms with E-state index in [-0.39, 0.29) is 6.92 Å². The SMILES string of the molecule is c1ccc2c(c1)Oc1cc(-c3cccc4c3oc3ccc(-n5c6ccccc6c6ccccc65)cc34)cc3c1B2Oc1cc(-c2cccc4c2oc2ccccc24)ccc1-3. The minimum atomic E-state index is -0.333. The van der Waals surface area contributed by atoms with E-state index in [0.717, 1.165) is 111 Å². The number of furan rings is 2. The molecule has 0 radical (unpaired) electrons. The van der Waals surface area contributed by atoms with Crippen LogP contribution in [-0.4, -0.2) is 11.5 Å². The first-order valence-electron chi connectivity index (χ1n) is 20.3. The molecule has 3 aromatic heterocycles. The smallest absolute Gasteiger partial charge is 0.434 e. The lowest BCUT2D eigenvalue weighted by Gasteiger charge is -2.33. The van der Waals surface area contributed by atoms with Gasteiger partial charge in [0.05, 0.1) is 11.0 Å². The van der Waals surface area contributed by atoms with Gasteiger partial charge in [-0.1, -0.05) is 121 Å². The van der Waals surface area contributed by atoms with E-state index >= 15 is 0 Å². The minimum absolute atomic E-state index is 0.333. The maximum atomic E-state index is 7.02. The van der Waals surface area contributed by atoms with Crippen LogP contribution in [0.25, 0.3) is 105 Å².